The standard InChI is InChI=1S/C18H18S/c1-13-6-7-15-14-4-2-3-5-16(14)18(17(15)12-13)8-10-19-11-9-18/h2-7,12H,8-11H2,1H3. The third-order valence-corrected chi connectivity index (χ3v) is 5.76. The van der Waals surface area contributed by atoms with Crippen LogP contribution in [-0.4, -0.2) is 11.5 Å². The summed E-state index contributed by atoms with van der Waals surface area (Å²) in [5.41, 5.74) is 7.83. The lowest BCUT2D eigenvalue weighted by Gasteiger charge is -2.35. The predicted molar refractivity (Wildman–Crippen MR) is 84.0 cm³/mol. The quantitative estimate of drug-likeness (QED) is 0.660. The number of fused-ring (bicyclic) bond motifs is 5. The molecular formula is C18H18S. The highest BCUT2D eigenvalue weighted by atomic mass is 32.2. The van der Waals surface area contributed by atoms with Gasteiger partial charge >= 0.3 is 0 Å². The van der Waals surface area contributed by atoms with Crippen LogP contribution in [0, 0.1) is 6.92 Å². The van der Waals surface area contributed by atoms with Gasteiger partial charge in [0.25, 0.3) is 0 Å². The van der Waals surface area contributed by atoms with Crippen LogP contribution in [0.5, 0.6) is 0 Å². The Morgan fingerprint density at radius 3 is 2.47 bits per heavy atom. The van der Waals surface area contributed by atoms with Gasteiger partial charge in [0.1, 0.15) is 0 Å². The lowest BCUT2D eigenvalue weighted by atomic mass is 9.73. The van der Waals surface area contributed by atoms with Gasteiger partial charge in [-0.3, -0.25) is 0 Å². The summed E-state index contributed by atoms with van der Waals surface area (Å²) < 4.78 is 0. The zero-order valence-electron chi connectivity index (χ0n) is 11.3. The van der Waals surface area contributed by atoms with E-state index in [2.05, 4.69) is 61.2 Å². The molecule has 1 aliphatic heterocycles. The van der Waals surface area contributed by atoms with Crippen molar-refractivity contribution >= 4 is 11.8 Å². The van der Waals surface area contributed by atoms with Crippen molar-refractivity contribution in [3.8, 4) is 11.1 Å². The Bertz CT molecular complexity index is 636. The van der Waals surface area contributed by atoms with Crippen molar-refractivity contribution in [1.29, 1.82) is 0 Å². The molecule has 0 nitrogen and oxygen atoms in total. The molecule has 0 bridgehead atoms. The molecule has 1 spiro atoms. The largest absolute Gasteiger partial charge is 0.162 e. The van der Waals surface area contributed by atoms with Gasteiger partial charge in [0.05, 0.1) is 0 Å². The van der Waals surface area contributed by atoms with E-state index in [0.717, 1.165) is 0 Å². The molecule has 4 rings (SSSR count). The van der Waals surface area contributed by atoms with Crippen LogP contribution in [0.4, 0.5) is 0 Å². The fourth-order valence-electron chi connectivity index (χ4n) is 3.83. The highest BCUT2D eigenvalue weighted by molar-refractivity contribution is 7.99. The van der Waals surface area contributed by atoms with Gasteiger partial charge in [0.15, 0.2) is 0 Å². The van der Waals surface area contributed by atoms with Gasteiger partial charge in [-0.05, 0) is 53.5 Å². The summed E-state index contributed by atoms with van der Waals surface area (Å²) in [5, 5.41) is 0. The van der Waals surface area contributed by atoms with Gasteiger partial charge < -0.3 is 0 Å². The molecule has 1 heteroatoms. The smallest absolute Gasteiger partial charge is 0.0231 e. The summed E-state index contributed by atoms with van der Waals surface area (Å²) >= 11 is 2.11. The van der Waals surface area contributed by atoms with E-state index in [9.17, 15) is 0 Å². The van der Waals surface area contributed by atoms with Crippen LogP contribution in [0.3, 0.4) is 0 Å². The van der Waals surface area contributed by atoms with E-state index in [4.69, 9.17) is 0 Å². The molecule has 96 valence electrons. The summed E-state index contributed by atoms with van der Waals surface area (Å²) in [5.74, 6) is 2.59. The normalized spacial score (nSPS) is 19.2. The Kier molecular flexibility index (Phi) is 2.53. The first-order chi connectivity index (χ1) is 9.31. The van der Waals surface area contributed by atoms with Crippen LogP contribution in [0.1, 0.15) is 29.5 Å². The molecule has 1 aliphatic carbocycles. The Morgan fingerprint density at radius 1 is 0.895 bits per heavy atom. The highest BCUT2D eigenvalue weighted by Gasteiger charge is 2.43. The minimum atomic E-state index is 0.309. The molecule has 1 fully saturated rings. The minimum absolute atomic E-state index is 0.309. The number of thioether (sulfide) groups is 1. The number of benzene rings is 2. The van der Waals surface area contributed by atoms with Crippen LogP contribution < -0.4 is 0 Å². The van der Waals surface area contributed by atoms with Crippen molar-refractivity contribution in [2.75, 3.05) is 11.5 Å². The second-order valence-electron chi connectivity index (χ2n) is 5.79. The molecule has 0 N–H and O–H groups in total. The summed E-state index contributed by atoms with van der Waals surface area (Å²) in [7, 11) is 0. The predicted octanol–water partition coefficient (Wildman–Crippen LogP) is 4.79. The van der Waals surface area contributed by atoms with E-state index in [0.29, 0.717) is 5.41 Å². The molecule has 2 aromatic rings. The second-order valence-corrected chi connectivity index (χ2v) is 7.01. The molecule has 0 unspecified atom stereocenters. The molecule has 2 aromatic carbocycles. The monoisotopic (exact) mass is 266 g/mol. The molecule has 19 heavy (non-hydrogen) atoms. The van der Waals surface area contributed by atoms with Crippen LogP contribution >= 0.6 is 11.8 Å². The number of rotatable bonds is 0. The van der Waals surface area contributed by atoms with Crippen LogP contribution in [0.2, 0.25) is 0 Å². The molecule has 1 heterocycles. The SMILES string of the molecule is Cc1ccc2c(c1)C1(CCSCC1)c1ccccc1-2. The van der Waals surface area contributed by atoms with Crippen molar-refractivity contribution in [3.05, 3.63) is 59.2 Å². The Morgan fingerprint density at radius 2 is 1.63 bits per heavy atom. The Hall–Kier alpha value is -1.21. The summed E-state index contributed by atoms with van der Waals surface area (Å²) in [6.45, 7) is 2.22. The van der Waals surface area contributed by atoms with E-state index in [1.165, 1.54) is 41.0 Å². The zero-order chi connectivity index (χ0) is 12.9. The maximum Gasteiger partial charge on any atom is 0.0231 e. The lowest BCUT2D eigenvalue weighted by molar-refractivity contribution is 0.487. The van der Waals surface area contributed by atoms with Gasteiger partial charge in [-0.1, -0.05) is 48.0 Å². The van der Waals surface area contributed by atoms with E-state index in [-0.39, 0.29) is 0 Å². The number of hydrogen-bond donors (Lipinski definition) is 0. The minimum Gasteiger partial charge on any atom is -0.162 e. The van der Waals surface area contributed by atoms with Crippen LogP contribution in [-0.2, 0) is 5.41 Å². The van der Waals surface area contributed by atoms with E-state index in [1.54, 1.807) is 11.1 Å². The lowest BCUT2D eigenvalue weighted by Crippen LogP contribution is -2.30. The van der Waals surface area contributed by atoms with Crippen LogP contribution in [0.25, 0.3) is 11.1 Å². The molecular weight excluding hydrogens is 248 g/mol. The van der Waals surface area contributed by atoms with Gasteiger partial charge in [-0.2, -0.15) is 11.8 Å². The summed E-state index contributed by atoms with van der Waals surface area (Å²) in [6.07, 6.45) is 2.59. The topological polar surface area (TPSA) is 0 Å². The van der Waals surface area contributed by atoms with Crippen molar-refractivity contribution < 1.29 is 0 Å². The first kappa shape index (κ1) is 11.6. The van der Waals surface area contributed by atoms with E-state index >= 15 is 0 Å². The molecule has 0 aromatic heterocycles. The Balaban J connectivity index is 2.03. The van der Waals surface area contributed by atoms with E-state index < -0.39 is 0 Å². The summed E-state index contributed by atoms with van der Waals surface area (Å²) in [4.78, 5) is 0. The number of hydrogen-bond acceptors (Lipinski definition) is 1. The van der Waals surface area contributed by atoms with Crippen molar-refractivity contribution in [3.63, 3.8) is 0 Å². The number of aryl methyl sites for hydroxylation is 1. The molecule has 0 saturated carbocycles. The van der Waals surface area contributed by atoms with Gasteiger partial charge in [-0.15, -0.1) is 0 Å². The Labute approximate surface area is 119 Å². The van der Waals surface area contributed by atoms with Gasteiger partial charge in [0.2, 0.25) is 0 Å². The molecule has 0 radical (unpaired) electrons. The molecule has 0 amide bonds. The molecule has 0 atom stereocenters. The molecule has 2 aliphatic rings. The fraction of sp³-hybridized carbons (Fsp3) is 0.333. The van der Waals surface area contributed by atoms with Gasteiger partial charge in [0, 0.05) is 5.41 Å². The second kappa shape index (κ2) is 4.14. The summed E-state index contributed by atoms with van der Waals surface area (Å²) in [6, 6.07) is 16.1. The first-order valence-electron chi connectivity index (χ1n) is 7.10. The maximum absolute atomic E-state index is 2.44. The van der Waals surface area contributed by atoms with Crippen molar-refractivity contribution in [2.24, 2.45) is 0 Å². The van der Waals surface area contributed by atoms with E-state index in [1.807, 2.05) is 0 Å². The third kappa shape index (κ3) is 1.54. The average Bonchev–Trinajstić information content (AvgIpc) is 2.71. The fourth-order valence-corrected chi connectivity index (χ4v) is 5.02. The van der Waals surface area contributed by atoms with Crippen molar-refractivity contribution in [1.82, 2.24) is 0 Å². The highest BCUT2D eigenvalue weighted by Crippen LogP contribution is 2.54. The third-order valence-electron chi connectivity index (χ3n) is 4.77. The maximum atomic E-state index is 2.44. The van der Waals surface area contributed by atoms with Gasteiger partial charge in [-0.25, -0.2) is 0 Å². The molecule has 1 saturated heterocycles. The van der Waals surface area contributed by atoms with Crippen molar-refractivity contribution in [2.45, 2.75) is 25.2 Å². The van der Waals surface area contributed by atoms with Crippen LogP contribution in [0.15, 0.2) is 42.5 Å². The zero-order valence-corrected chi connectivity index (χ0v) is 12.1. The average molecular weight is 266 g/mol. The first-order valence-corrected chi connectivity index (χ1v) is 8.25.